The van der Waals surface area contributed by atoms with Gasteiger partial charge in [-0.1, -0.05) is 0 Å². The molecule has 0 aliphatic carbocycles. The summed E-state index contributed by atoms with van der Waals surface area (Å²) in [7, 11) is 0. The molecule has 1 atom stereocenters. The van der Waals surface area contributed by atoms with Crippen LogP contribution in [0.3, 0.4) is 0 Å². The predicted octanol–water partition coefficient (Wildman–Crippen LogP) is 0.965. The molecule has 0 radical (unpaired) electrons. The van der Waals surface area contributed by atoms with Crippen LogP contribution in [0.25, 0.3) is 0 Å². The zero-order chi connectivity index (χ0) is 13.1. The first-order valence-corrected chi connectivity index (χ1v) is 7.11. The van der Waals surface area contributed by atoms with E-state index in [0.717, 1.165) is 39.4 Å². The first kappa shape index (κ1) is 12.7. The number of rotatable bonds is 2. The molecule has 2 fully saturated rings. The summed E-state index contributed by atoms with van der Waals surface area (Å²) < 4.78 is 5.58. The minimum atomic E-state index is 0.585. The van der Waals surface area contributed by atoms with Crippen molar-refractivity contribution in [3.63, 3.8) is 0 Å². The number of ether oxygens (including phenoxy) is 1. The molecule has 2 saturated heterocycles. The van der Waals surface area contributed by atoms with Crippen molar-refractivity contribution in [1.82, 2.24) is 9.88 Å². The molecule has 104 valence electrons. The number of hydrogen-bond donors (Lipinski definition) is 1. The third-order valence-electron chi connectivity index (χ3n) is 4.10. The van der Waals surface area contributed by atoms with Gasteiger partial charge in [0.1, 0.15) is 5.82 Å². The van der Waals surface area contributed by atoms with E-state index in [-0.39, 0.29) is 0 Å². The van der Waals surface area contributed by atoms with Crippen molar-refractivity contribution in [2.75, 3.05) is 50.0 Å². The summed E-state index contributed by atoms with van der Waals surface area (Å²) in [6, 6.07) is 4.55. The van der Waals surface area contributed by atoms with Gasteiger partial charge in [-0.2, -0.15) is 0 Å². The Labute approximate surface area is 114 Å². The lowest BCUT2D eigenvalue weighted by Crippen LogP contribution is -2.52. The second-order valence-electron chi connectivity index (χ2n) is 5.34. The highest BCUT2D eigenvalue weighted by Crippen LogP contribution is 2.19. The molecule has 0 aromatic carbocycles. The maximum Gasteiger partial charge on any atom is 0.123 e. The Hall–Kier alpha value is -1.33. The Morgan fingerprint density at radius 1 is 1.21 bits per heavy atom. The fraction of sp³-hybridized carbons (Fsp3) is 0.643. The van der Waals surface area contributed by atoms with Crippen molar-refractivity contribution in [2.45, 2.75) is 18.9 Å². The topological polar surface area (TPSA) is 54.6 Å². The van der Waals surface area contributed by atoms with E-state index in [0.29, 0.717) is 11.9 Å². The molecule has 0 amide bonds. The minimum absolute atomic E-state index is 0.585. The normalized spacial score (nSPS) is 25.5. The van der Waals surface area contributed by atoms with E-state index in [4.69, 9.17) is 10.5 Å². The molecule has 0 saturated carbocycles. The molecular formula is C14H22N4O. The molecule has 5 nitrogen and oxygen atoms in total. The standard InChI is InChI=1S/C14H22N4O/c15-14-4-3-12(10-16-14)17-5-7-18(8-6-17)13-2-1-9-19-11-13/h3-4,10,13H,1-2,5-9,11H2,(H2,15,16). The molecule has 19 heavy (non-hydrogen) atoms. The van der Waals surface area contributed by atoms with E-state index in [1.54, 1.807) is 0 Å². The van der Waals surface area contributed by atoms with Crippen LogP contribution in [0.1, 0.15) is 12.8 Å². The van der Waals surface area contributed by atoms with Gasteiger partial charge in [-0.25, -0.2) is 4.98 Å². The number of anilines is 2. The predicted molar refractivity (Wildman–Crippen MR) is 76.3 cm³/mol. The molecule has 2 aliphatic rings. The number of nitrogens with zero attached hydrogens (tertiary/aromatic N) is 3. The zero-order valence-electron chi connectivity index (χ0n) is 11.3. The number of nitrogens with two attached hydrogens (primary N) is 1. The van der Waals surface area contributed by atoms with E-state index in [1.165, 1.54) is 18.5 Å². The number of hydrogen-bond acceptors (Lipinski definition) is 5. The highest BCUT2D eigenvalue weighted by Gasteiger charge is 2.25. The first-order chi connectivity index (χ1) is 9.33. The monoisotopic (exact) mass is 262 g/mol. The van der Waals surface area contributed by atoms with E-state index in [9.17, 15) is 0 Å². The summed E-state index contributed by atoms with van der Waals surface area (Å²) in [5.41, 5.74) is 6.80. The van der Waals surface area contributed by atoms with Gasteiger partial charge in [0.2, 0.25) is 0 Å². The fourth-order valence-corrected chi connectivity index (χ4v) is 2.94. The molecule has 2 aliphatic heterocycles. The molecule has 0 bridgehead atoms. The lowest BCUT2D eigenvalue weighted by molar-refractivity contribution is 0.0159. The minimum Gasteiger partial charge on any atom is -0.384 e. The smallest absolute Gasteiger partial charge is 0.123 e. The second kappa shape index (κ2) is 5.75. The SMILES string of the molecule is Nc1ccc(N2CCN(C3CCCOC3)CC2)cn1. The van der Waals surface area contributed by atoms with Crippen LogP contribution in [-0.2, 0) is 4.74 Å². The average molecular weight is 262 g/mol. The van der Waals surface area contributed by atoms with Gasteiger partial charge < -0.3 is 15.4 Å². The van der Waals surface area contributed by atoms with Gasteiger partial charge in [-0.3, -0.25) is 4.90 Å². The third kappa shape index (κ3) is 2.98. The fourth-order valence-electron chi connectivity index (χ4n) is 2.94. The van der Waals surface area contributed by atoms with Gasteiger partial charge in [0.05, 0.1) is 18.5 Å². The van der Waals surface area contributed by atoms with E-state index >= 15 is 0 Å². The number of pyridine rings is 1. The van der Waals surface area contributed by atoms with E-state index < -0.39 is 0 Å². The van der Waals surface area contributed by atoms with Gasteiger partial charge >= 0.3 is 0 Å². The largest absolute Gasteiger partial charge is 0.384 e. The maximum absolute atomic E-state index is 5.62. The van der Waals surface area contributed by atoms with Crippen molar-refractivity contribution in [3.8, 4) is 0 Å². The lowest BCUT2D eigenvalue weighted by atomic mass is 10.1. The first-order valence-electron chi connectivity index (χ1n) is 7.11. The maximum atomic E-state index is 5.62. The van der Waals surface area contributed by atoms with Crippen molar-refractivity contribution in [3.05, 3.63) is 18.3 Å². The summed E-state index contributed by atoms with van der Waals surface area (Å²) in [6.45, 7) is 6.18. The highest BCUT2D eigenvalue weighted by molar-refractivity contribution is 5.48. The van der Waals surface area contributed by atoms with Crippen molar-refractivity contribution in [1.29, 1.82) is 0 Å². The number of aromatic nitrogens is 1. The molecule has 1 aromatic heterocycles. The Balaban J connectivity index is 1.55. The molecular weight excluding hydrogens is 240 g/mol. The van der Waals surface area contributed by atoms with E-state index in [2.05, 4.69) is 20.9 Å². The summed E-state index contributed by atoms with van der Waals surface area (Å²) in [6.07, 6.45) is 4.35. The number of piperazine rings is 1. The van der Waals surface area contributed by atoms with Crippen molar-refractivity contribution >= 4 is 11.5 Å². The van der Waals surface area contributed by atoms with Crippen molar-refractivity contribution in [2.24, 2.45) is 0 Å². The zero-order valence-corrected chi connectivity index (χ0v) is 11.3. The van der Waals surface area contributed by atoms with Gasteiger partial charge in [0, 0.05) is 38.8 Å². The number of nitrogen functional groups attached to an aromatic ring is 1. The van der Waals surface area contributed by atoms with Gasteiger partial charge in [0.25, 0.3) is 0 Å². The van der Waals surface area contributed by atoms with E-state index in [1.807, 2.05) is 12.3 Å². The molecule has 3 heterocycles. The lowest BCUT2D eigenvalue weighted by Gasteiger charge is -2.41. The van der Waals surface area contributed by atoms with Crippen LogP contribution in [-0.4, -0.2) is 55.3 Å². The molecule has 0 spiro atoms. The van der Waals surface area contributed by atoms with Gasteiger partial charge in [-0.05, 0) is 25.0 Å². The van der Waals surface area contributed by atoms with Gasteiger partial charge in [-0.15, -0.1) is 0 Å². The Bertz CT molecular complexity index is 394. The third-order valence-corrected chi connectivity index (χ3v) is 4.10. The van der Waals surface area contributed by atoms with Crippen LogP contribution >= 0.6 is 0 Å². The average Bonchev–Trinajstić information content (AvgIpc) is 2.49. The Kier molecular flexibility index (Phi) is 3.84. The molecule has 1 unspecified atom stereocenters. The van der Waals surface area contributed by atoms with Crippen LogP contribution in [0, 0.1) is 0 Å². The van der Waals surface area contributed by atoms with Crippen LogP contribution in [0.2, 0.25) is 0 Å². The Morgan fingerprint density at radius 2 is 2.05 bits per heavy atom. The Morgan fingerprint density at radius 3 is 2.68 bits per heavy atom. The quantitative estimate of drug-likeness (QED) is 0.860. The highest BCUT2D eigenvalue weighted by atomic mass is 16.5. The molecule has 2 N–H and O–H groups in total. The van der Waals surface area contributed by atoms with Crippen LogP contribution < -0.4 is 10.6 Å². The summed E-state index contributed by atoms with van der Waals surface area (Å²) in [4.78, 5) is 9.12. The second-order valence-corrected chi connectivity index (χ2v) is 5.34. The van der Waals surface area contributed by atoms with Crippen LogP contribution in [0.4, 0.5) is 11.5 Å². The summed E-state index contributed by atoms with van der Waals surface area (Å²) in [5, 5.41) is 0. The van der Waals surface area contributed by atoms with Gasteiger partial charge in [0.15, 0.2) is 0 Å². The molecule has 1 aromatic rings. The van der Waals surface area contributed by atoms with Crippen LogP contribution in [0.15, 0.2) is 18.3 Å². The summed E-state index contributed by atoms with van der Waals surface area (Å²) in [5.74, 6) is 0.585. The molecule has 5 heteroatoms. The van der Waals surface area contributed by atoms with Crippen LogP contribution in [0.5, 0.6) is 0 Å². The summed E-state index contributed by atoms with van der Waals surface area (Å²) >= 11 is 0. The molecule has 3 rings (SSSR count). The van der Waals surface area contributed by atoms with Crippen molar-refractivity contribution < 1.29 is 4.74 Å².